The number of hydrogen-bond donors (Lipinski definition) is 5. The predicted molar refractivity (Wildman–Crippen MR) is 115 cm³/mol. The molecule has 3 rings (SSSR count). The molecule has 0 saturated carbocycles. The Kier molecular flexibility index (Phi) is 7.33. The number of hydrogen-bond acceptors (Lipinski definition) is 8. The van der Waals surface area contributed by atoms with Crippen molar-refractivity contribution in [2.45, 2.75) is 36.6 Å². The average molecular weight is 480 g/mol. The highest BCUT2D eigenvalue weighted by Gasteiger charge is 2.41. The zero-order valence-electron chi connectivity index (χ0n) is 17.9. The molecule has 0 spiro atoms. The molecule has 2 aromatic rings. The first-order chi connectivity index (χ1) is 15.6. The fraction of sp³-hybridized carbons (Fsp3) is 0.400. The Balaban J connectivity index is 1.54. The van der Waals surface area contributed by atoms with Gasteiger partial charge in [-0.3, -0.25) is 4.79 Å². The van der Waals surface area contributed by atoms with Gasteiger partial charge in [-0.25, -0.2) is 22.7 Å². The first-order valence-corrected chi connectivity index (χ1v) is 11.7. The minimum absolute atomic E-state index is 0.136. The van der Waals surface area contributed by atoms with Crippen LogP contribution in [0.15, 0.2) is 39.8 Å². The van der Waals surface area contributed by atoms with Crippen molar-refractivity contribution < 1.29 is 32.4 Å². The first kappa shape index (κ1) is 24.2. The van der Waals surface area contributed by atoms with Crippen molar-refractivity contribution in [2.75, 3.05) is 19.6 Å². The van der Waals surface area contributed by atoms with Crippen LogP contribution in [0.5, 0.6) is 0 Å². The van der Waals surface area contributed by atoms with Gasteiger partial charge in [0.25, 0.3) is 15.9 Å². The van der Waals surface area contributed by atoms with Crippen LogP contribution in [-0.4, -0.2) is 61.8 Å². The molecule has 0 unspecified atom stereocenters. The van der Waals surface area contributed by atoms with Crippen LogP contribution >= 0.6 is 0 Å². The van der Waals surface area contributed by atoms with Crippen LogP contribution in [0.1, 0.15) is 34.7 Å². The Morgan fingerprint density at radius 2 is 1.85 bits per heavy atom. The third-order valence-corrected chi connectivity index (χ3v) is 6.59. The molecule has 12 nitrogen and oxygen atoms in total. The molecule has 178 valence electrons. The van der Waals surface area contributed by atoms with Crippen LogP contribution < -0.4 is 20.7 Å². The third kappa shape index (κ3) is 6.08. The second-order valence-electron chi connectivity index (χ2n) is 7.67. The Labute approximate surface area is 190 Å². The lowest BCUT2D eigenvalue weighted by molar-refractivity contribution is -0.145. The number of carboxylic acids is 1. The maximum absolute atomic E-state index is 12.5. The summed E-state index contributed by atoms with van der Waals surface area (Å²) in [6.45, 7) is 2.75. The summed E-state index contributed by atoms with van der Waals surface area (Å²) in [6.07, 6.45) is 0.709. The van der Waals surface area contributed by atoms with Gasteiger partial charge in [0.2, 0.25) is 0 Å². The second kappa shape index (κ2) is 10.0. The maximum atomic E-state index is 12.5. The largest absolute Gasteiger partial charge is 0.480 e. The number of aryl methyl sites for hydroxylation is 1. The van der Waals surface area contributed by atoms with Crippen LogP contribution in [0.25, 0.3) is 0 Å². The van der Waals surface area contributed by atoms with Crippen molar-refractivity contribution in [1.82, 2.24) is 25.8 Å². The van der Waals surface area contributed by atoms with E-state index in [0.29, 0.717) is 31.8 Å². The highest BCUT2D eigenvalue weighted by molar-refractivity contribution is 7.90. The minimum Gasteiger partial charge on any atom is -0.480 e. The standard InChI is InChI=1S/C20H25N5O7S/c1-13-12-16(24-32-13)17(26)22-9-6-14-2-4-15(5-3-14)33(30,31)25-19(29)23-20(18(27)28)7-10-21-11-8-20/h2-5,12,21H,6-11H2,1H3,(H,22,26)(H,27,28)(H2,23,25,29). The highest BCUT2D eigenvalue weighted by Crippen LogP contribution is 2.19. The van der Waals surface area contributed by atoms with Crippen LogP contribution in [0.3, 0.4) is 0 Å². The van der Waals surface area contributed by atoms with Gasteiger partial charge in [-0.1, -0.05) is 17.3 Å². The number of carbonyl (C=O) groups is 3. The monoisotopic (exact) mass is 479 g/mol. The molecule has 0 bridgehead atoms. The van der Waals surface area contributed by atoms with Gasteiger partial charge in [0.1, 0.15) is 11.3 Å². The lowest BCUT2D eigenvalue weighted by Crippen LogP contribution is -2.61. The van der Waals surface area contributed by atoms with Crippen molar-refractivity contribution in [3.8, 4) is 0 Å². The smallest absolute Gasteiger partial charge is 0.329 e. The summed E-state index contributed by atoms with van der Waals surface area (Å²) in [7, 11) is -4.21. The number of amides is 3. The number of aromatic nitrogens is 1. The summed E-state index contributed by atoms with van der Waals surface area (Å²) < 4.78 is 31.8. The molecule has 13 heteroatoms. The average Bonchev–Trinajstić information content (AvgIpc) is 3.20. The molecule has 0 atom stereocenters. The van der Waals surface area contributed by atoms with Crippen LogP contribution in [0.2, 0.25) is 0 Å². The second-order valence-corrected chi connectivity index (χ2v) is 9.35. The number of urea groups is 1. The van der Waals surface area contributed by atoms with Gasteiger partial charge in [-0.05, 0) is 57.0 Å². The van der Waals surface area contributed by atoms with Crippen molar-refractivity contribution in [2.24, 2.45) is 0 Å². The number of sulfonamides is 1. The van der Waals surface area contributed by atoms with E-state index in [4.69, 9.17) is 4.52 Å². The van der Waals surface area contributed by atoms with Gasteiger partial charge in [0.05, 0.1) is 4.90 Å². The molecule has 3 amide bonds. The molecule has 1 aliphatic heterocycles. The molecule has 5 N–H and O–H groups in total. The molecule has 2 heterocycles. The molecular formula is C20H25N5O7S. The first-order valence-electron chi connectivity index (χ1n) is 10.2. The summed E-state index contributed by atoms with van der Waals surface area (Å²) >= 11 is 0. The van der Waals surface area contributed by atoms with Crippen molar-refractivity contribution in [3.05, 3.63) is 47.3 Å². The molecule has 1 aromatic carbocycles. The van der Waals surface area contributed by atoms with Gasteiger partial charge in [0.15, 0.2) is 5.69 Å². The van der Waals surface area contributed by atoms with Gasteiger partial charge >= 0.3 is 12.0 Å². The zero-order valence-corrected chi connectivity index (χ0v) is 18.7. The van der Waals surface area contributed by atoms with E-state index in [1.165, 1.54) is 18.2 Å². The van der Waals surface area contributed by atoms with E-state index in [-0.39, 0.29) is 29.3 Å². The number of nitrogens with one attached hydrogen (secondary N) is 4. The van der Waals surface area contributed by atoms with Crippen molar-refractivity contribution >= 4 is 27.9 Å². The highest BCUT2D eigenvalue weighted by atomic mass is 32.2. The number of benzene rings is 1. The summed E-state index contributed by atoms with van der Waals surface area (Å²) in [4.78, 5) is 35.7. The fourth-order valence-corrected chi connectivity index (χ4v) is 4.30. The normalized spacial score (nSPS) is 15.4. The van der Waals surface area contributed by atoms with Gasteiger partial charge in [-0.2, -0.15) is 0 Å². The zero-order chi connectivity index (χ0) is 24.1. The van der Waals surface area contributed by atoms with Crippen molar-refractivity contribution in [3.63, 3.8) is 0 Å². The number of piperidine rings is 1. The summed E-state index contributed by atoms with van der Waals surface area (Å²) in [6, 6.07) is 6.18. The lowest BCUT2D eigenvalue weighted by atomic mass is 9.88. The number of aliphatic carboxylic acids is 1. The van der Waals surface area contributed by atoms with Crippen molar-refractivity contribution in [1.29, 1.82) is 0 Å². The maximum Gasteiger partial charge on any atom is 0.329 e. The Bertz CT molecular complexity index is 1120. The third-order valence-electron chi connectivity index (χ3n) is 5.24. The van der Waals surface area contributed by atoms with Crippen LogP contribution in [0.4, 0.5) is 4.79 Å². The van der Waals surface area contributed by atoms with Crippen LogP contribution in [-0.2, 0) is 21.2 Å². The molecule has 1 saturated heterocycles. The number of rotatable bonds is 8. The predicted octanol–water partition coefficient (Wildman–Crippen LogP) is 0.150. The number of nitrogens with zero attached hydrogens (tertiary/aromatic N) is 1. The molecule has 1 fully saturated rings. The number of carbonyl (C=O) groups excluding carboxylic acids is 2. The summed E-state index contributed by atoms with van der Waals surface area (Å²) in [5.74, 6) is -1.08. The van der Waals surface area contributed by atoms with E-state index in [9.17, 15) is 27.9 Å². The number of carboxylic acid groups (broad SMARTS) is 1. The Morgan fingerprint density at radius 3 is 2.42 bits per heavy atom. The summed E-state index contributed by atoms with van der Waals surface area (Å²) in [5, 5.41) is 21.1. The molecular weight excluding hydrogens is 454 g/mol. The molecule has 1 aromatic heterocycles. The van der Waals surface area contributed by atoms with E-state index in [0.717, 1.165) is 5.56 Å². The topological polar surface area (TPSA) is 180 Å². The van der Waals surface area contributed by atoms with E-state index in [1.54, 1.807) is 19.1 Å². The molecule has 1 aliphatic rings. The quantitative estimate of drug-likeness (QED) is 0.352. The van der Waals surface area contributed by atoms with Crippen LogP contribution in [0, 0.1) is 6.92 Å². The SMILES string of the molecule is Cc1cc(C(=O)NCCc2ccc(S(=O)(=O)NC(=O)NC3(C(=O)O)CCNCC3)cc2)no1. The lowest BCUT2D eigenvalue weighted by Gasteiger charge is -2.34. The molecule has 0 radical (unpaired) electrons. The van der Waals surface area contributed by atoms with Gasteiger partial charge in [0, 0.05) is 12.6 Å². The molecule has 33 heavy (non-hydrogen) atoms. The minimum atomic E-state index is -4.21. The Morgan fingerprint density at radius 1 is 1.18 bits per heavy atom. The van der Waals surface area contributed by atoms with Gasteiger partial charge in [-0.15, -0.1) is 0 Å². The van der Waals surface area contributed by atoms with E-state index in [2.05, 4.69) is 21.1 Å². The summed E-state index contributed by atoms with van der Waals surface area (Å²) in [5.41, 5.74) is -0.592. The van der Waals surface area contributed by atoms with E-state index < -0.39 is 27.6 Å². The van der Waals surface area contributed by atoms with E-state index in [1.807, 2.05) is 4.72 Å². The fourth-order valence-electron chi connectivity index (χ4n) is 3.39. The van der Waals surface area contributed by atoms with Gasteiger partial charge < -0.3 is 25.6 Å². The molecule has 0 aliphatic carbocycles. The Hall–Kier alpha value is -3.45. The van der Waals surface area contributed by atoms with E-state index >= 15 is 0 Å².